The molecule has 0 spiro atoms. The highest BCUT2D eigenvalue weighted by Crippen LogP contribution is 2.21. The number of nitrogens with zero attached hydrogens (tertiary/aromatic N) is 1. The van der Waals surface area contributed by atoms with Gasteiger partial charge in [-0.1, -0.05) is 47.1 Å². The van der Waals surface area contributed by atoms with Gasteiger partial charge in [0.1, 0.15) is 0 Å². The molecule has 0 radical (unpaired) electrons. The third-order valence-corrected chi connectivity index (χ3v) is 3.08. The quantitative estimate of drug-likeness (QED) is 0.351. The number of benzene rings is 2. The highest BCUT2D eigenvalue weighted by atomic mass is 35.5. The molecule has 0 aliphatic rings. The first kappa shape index (κ1) is 14.9. The molecule has 0 bridgehead atoms. The Hall–Kier alpha value is -2.53. The van der Waals surface area contributed by atoms with E-state index in [1.165, 1.54) is 0 Å². The van der Waals surface area contributed by atoms with Crippen molar-refractivity contribution >= 4 is 29.0 Å². The molecule has 4 N–H and O–H groups in total. The SMILES string of the molecule is NC(=NO)c1ccc(Cl)cc1NC(=O)Cc1ccccc1. The molecule has 0 aliphatic carbocycles. The smallest absolute Gasteiger partial charge is 0.228 e. The van der Waals surface area contributed by atoms with E-state index in [0.717, 1.165) is 5.56 Å². The van der Waals surface area contributed by atoms with Crippen molar-refractivity contribution in [3.63, 3.8) is 0 Å². The van der Waals surface area contributed by atoms with Crippen LogP contribution in [0.25, 0.3) is 0 Å². The van der Waals surface area contributed by atoms with Crippen molar-refractivity contribution in [2.45, 2.75) is 6.42 Å². The lowest BCUT2D eigenvalue weighted by molar-refractivity contribution is -0.115. The number of halogens is 1. The molecule has 1 amide bonds. The van der Waals surface area contributed by atoms with E-state index in [1.54, 1.807) is 18.2 Å². The summed E-state index contributed by atoms with van der Waals surface area (Å²) in [7, 11) is 0. The van der Waals surface area contributed by atoms with E-state index in [1.807, 2.05) is 30.3 Å². The van der Waals surface area contributed by atoms with Crippen molar-refractivity contribution < 1.29 is 10.0 Å². The van der Waals surface area contributed by atoms with E-state index < -0.39 is 0 Å². The molecule has 0 aromatic heterocycles. The van der Waals surface area contributed by atoms with E-state index in [2.05, 4.69) is 10.5 Å². The summed E-state index contributed by atoms with van der Waals surface area (Å²) < 4.78 is 0. The minimum absolute atomic E-state index is 0.0957. The van der Waals surface area contributed by atoms with Crippen molar-refractivity contribution in [2.24, 2.45) is 10.9 Å². The Bertz CT molecular complexity index is 672. The molecule has 21 heavy (non-hydrogen) atoms. The number of oxime groups is 1. The largest absolute Gasteiger partial charge is 0.409 e. The first-order valence-electron chi connectivity index (χ1n) is 6.21. The van der Waals surface area contributed by atoms with Crippen molar-refractivity contribution in [2.75, 3.05) is 5.32 Å². The topological polar surface area (TPSA) is 87.7 Å². The Morgan fingerprint density at radius 3 is 2.62 bits per heavy atom. The standard InChI is InChI=1S/C15H14ClN3O2/c16-11-6-7-12(15(17)19-21)13(9-11)18-14(20)8-10-4-2-1-3-5-10/h1-7,9,21H,8H2,(H2,17,19)(H,18,20). The zero-order valence-corrected chi connectivity index (χ0v) is 11.8. The average molecular weight is 304 g/mol. The molecule has 6 heteroatoms. The number of rotatable bonds is 4. The highest BCUT2D eigenvalue weighted by molar-refractivity contribution is 6.31. The fourth-order valence-corrected chi connectivity index (χ4v) is 2.04. The lowest BCUT2D eigenvalue weighted by Crippen LogP contribution is -2.20. The summed E-state index contributed by atoms with van der Waals surface area (Å²) in [6.45, 7) is 0. The van der Waals surface area contributed by atoms with Gasteiger partial charge in [0.05, 0.1) is 12.1 Å². The summed E-state index contributed by atoms with van der Waals surface area (Å²) >= 11 is 5.91. The maximum atomic E-state index is 12.1. The molecule has 2 rings (SSSR count). The van der Waals surface area contributed by atoms with Gasteiger partial charge in [-0.3, -0.25) is 4.79 Å². The van der Waals surface area contributed by atoms with Crippen LogP contribution in [0, 0.1) is 0 Å². The van der Waals surface area contributed by atoms with E-state index in [-0.39, 0.29) is 18.2 Å². The first-order chi connectivity index (χ1) is 10.1. The van der Waals surface area contributed by atoms with Crippen molar-refractivity contribution in [1.82, 2.24) is 0 Å². The van der Waals surface area contributed by atoms with Crippen LogP contribution >= 0.6 is 11.6 Å². The summed E-state index contributed by atoms with van der Waals surface area (Å²) in [5.74, 6) is -0.308. The van der Waals surface area contributed by atoms with Crippen molar-refractivity contribution in [3.05, 3.63) is 64.7 Å². The number of carbonyl (C=O) groups excluding carboxylic acids is 1. The molecule has 0 saturated heterocycles. The molecule has 5 nitrogen and oxygen atoms in total. The fourth-order valence-electron chi connectivity index (χ4n) is 1.87. The lowest BCUT2D eigenvalue weighted by Gasteiger charge is -2.10. The maximum Gasteiger partial charge on any atom is 0.228 e. The third kappa shape index (κ3) is 3.97. The van der Waals surface area contributed by atoms with Gasteiger partial charge < -0.3 is 16.3 Å². The van der Waals surface area contributed by atoms with Gasteiger partial charge in [0, 0.05) is 10.6 Å². The van der Waals surface area contributed by atoms with Crippen LogP contribution in [0.2, 0.25) is 5.02 Å². The second-order valence-corrected chi connectivity index (χ2v) is 4.82. The van der Waals surface area contributed by atoms with Gasteiger partial charge in [0.25, 0.3) is 0 Å². The molecule has 0 heterocycles. The van der Waals surface area contributed by atoms with Crippen LogP contribution in [0.4, 0.5) is 5.69 Å². The van der Waals surface area contributed by atoms with Gasteiger partial charge in [0.15, 0.2) is 5.84 Å². The second-order valence-electron chi connectivity index (χ2n) is 4.39. The predicted octanol–water partition coefficient (Wildman–Crippen LogP) is 2.62. The number of hydrogen-bond acceptors (Lipinski definition) is 3. The number of amidine groups is 1. The van der Waals surface area contributed by atoms with E-state index in [0.29, 0.717) is 16.3 Å². The van der Waals surface area contributed by atoms with Crippen molar-refractivity contribution in [1.29, 1.82) is 0 Å². The summed E-state index contributed by atoms with van der Waals surface area (Å²) in [5, 5.41) is 14.9. The molecule has 0 saturated carbocycles. The Morgan fingerprint density at radius 2 is 1.95 bits per heavy atom. The van der Waals surface area contributed by atoms with Crippen LogP contribution in [-0.4, -0.2) is 17.0 Å². The van der Waals surface area contributed by atoms with Gasteiger partial charge in [-0.05, 0) is 23.8 Å². The van der Waals surface area contributed by atoms with E-state index in [4.69, 9.17) is 22.5 Å². The molecule has 0 aliphatic heterocycles. The number of anilines is 1. The highest BCUT2D eigenvalue weighted by Gasteiger charge is 2.11. The van der Waals surface area contributed by atoms with Crippen molar-refractivity contribution in [3.8, 4) is 0 Å². The summed E-state index contributed by atoms with van der Waals surface area (Å²) in [6.07, 6.45) is 0.225. The van der Waals surface area contributed by atoms with Gasteiger partial charge in [-0.25, -0.2) is 0 Å². The van der Waals surface area contributed by atoms with Crippen LogP contribution in [0.1, 0.15) is 11.1 Å². The molecular formula is C15H14ClN3O2. The molecule has 108 valence electrons. The van der Waals surface area contributed by atoms with E-state index in [9.17, 15) is 4.79 Å². The molecule has 0 fully saturated rings. The van der Waals surface area contributed by atoms with Crippen LogP contribution < -0.4 is 11.1 Å². The zero-order chi connectivity index (χ0) is 15.2. The summed E-state index contributed by atoms with van der Waals surface area (Å²) in [4.78, 5) is 12.1. The minimum atomic E-state index is -0.213. The first-order valence-corrected chi connectivity index (χ1v) is 6.59. The molecule has 0 atom stereocenters. The Labute approximate surface area is 127 Å². The predicted molar refractivity (Wildman–Crippen MR) is 82.7 cm³/mol. The number of hydrogen-bond donors (Lipinski definition) is 3. The Morgan fingerprint density at radius 1 is 1.24 bits per heavy atom. The summed E-state index contributed by atoms with van der Waals surface area (Å²) in [5.41, 5.74) is 7.28. The van der Waals surface area contributed by atoms with Gasteiger partial charge >= 0.3 is 0 Å². The molecule has 2 aromatic carbocycles. The van der Waals surface area contributed by atoms with Gasteiger partial charge in [-0.15, -0.1) is 0 Å². The second kappa shape index (κ2) is 6.76. The Balaban J connectivity index is 2.19. The summed E-state index contributed by atoms with van der Waals surface area (Å²) in [6, 6.07) is 14.1. The van der Waals surface area contributed by atoms with Crippen LogP contribution in [0.15, 0.2) is 53.7 Å². The molecule has 0 unspecified atom stereocenters. The van der Waals surface area contributed by atoms with Crippen LogP contribution in [0.3, 0.4) is 0 Å². The maximum absolute atomic E-state index is 12.1. The van der Waals surface area contributed by atoms with Crippen LogP contribution in [0.5, 0.6) is 0 Å². The van der Waals surface area contributed by atoms with Gasteiger partial charge in [0.2, 0.25) is 5.91 Å². The monoisotopic (exact) mass is 303 g/mol. The normalized spacial score (nSPS) is 11.2. The zero-order valence-electron chi connectivity index (χ0n) is 11.1. The minimum Gasteiger partial charge on any atom is -0.409 e. The lowest BCUT2D eigenvalue weighted by atomic mass is 10.1. The molecular weight excluding hydrogens is 290 g/mol. The number of nitrogens with two attached hydrogens (primary N) is 1. The molecule has 2 aromatic rings. The third-order valence-electron chi connectivity index (χ3n) is 2.85. The number of amides is 1. The number of carbonyl (C=O) groups is 1. The van der Waals surface area contributed by atoms with E-state index >= 15 is 0 Å². The number of nitrogens with one attached hydrogen (secondary N) is 1. The fraction of sp³-hybridized carbons (Fsp3) is 0.0667. The Kier molecular flexibility index (Phi) is 4.79. The average Bonchev–Trinajstić information content (AvgIpc) is 2.47. The van der Waals surface area contributed by atoms with Crippen LogP contribution in [-0.2, 0) is 11.2 Å². The van der Waals surface area contributed by atoms with Gasteiger partial charge in [-0.2, -0.15) is 0 Å².